The Kier molecular flexibility index (Phi) is 6.52. The molecule has 31 heavy (non-hydrogen) atoms. The third-order valence-electron chi connectivity index (χ3n) is 5.56. The molecule has 0 aliphatic carbocycles. The smallest absolute Gasteiger partial charge is 0.256 e. The van der Waals surface area contributed by atoms with E-state index >= 15 is 0 Å². The number of carbonyl (C=O) groups is 1. The van der Waals surface area contributed by atoms with Gasteiger partial charge in [0.25, 0.3) is 5.91 Å². The molecular formula is C24H28N6O. The lowest BCUT2D eigenvalue weighted by Gasteiger charge is -2.35. The Morgan fingerprint density at radius 3 is 2.61 bits per heavy atom. The van der Waals surface area contributed by atoms with Crippen molar-refractivity contribution in [3.8, 4) is 11.4 Å². The molecule has 1 fully saturated rings. The van der Waals surface area contributed by atoms with Gasteiger partial charge in [-0.2, -0.15) is 0 Å². The first-order chi connectivity index (χ1) is 15.1. The van der Waals surface area contributed by atoms with E-state index in [0.29, 0.717) is 23.8 Å². The Hall–Kier alpha value is -3.32. The molecule has 2 aromatic heterocycles. The molecule has 0 spiro atoms. The molecule has 0 saturated carbocycles. The van der Waals surface area contributed by atoms with Crippen LogP contribution in [0.3, 0.4) is 0 Å². The van der Waals surface area contributed by atoms with Crippen LogP contribution in [-0.4, -0.2) is 58.5 Å². The molecule has 3 aromatic rings. The monoisotopic (exact) mass is 416 g/mol. The zero-order chi connectivity index (χ0) is 21.6. The summed E-state index contributed by atoms with van der Waals surface area (Å²) in [4.78, 5) is 31.3. The number of hydrogen-bond acceptors (Lipinski definition) is 6. The minimum atomic E-state index is -0.186. The van der Waals surface area contributed by atoms with Crippen molar-refractivity contribution in [2.24, 2.45) is 0 Å². The van der Waals surface area contributed by atoms with Crippen molar-refractivity contribution in [2.75, 3.05) is 37.6 Å². The highest BCUT2D eigenvalue weighted by Gasteiger charge is 2.24. The van der Waals surface area contributed by atoms with E-state index in [4.69, 9.17) is 4.98 Å². The van der Waals surface area contributed by atoms with Gasteiger partial charge in [-0.3, -0.25) is 9.78 Å². The van der Waals surface area contributed by atoms with Gasteiger partial charge >= 0.3 is 0 Å². The van der Waals surface area contributed by atoms with Gasteiger partial charge in [0.2, 0.25) is 0 Å². The summed E-state index contributed by atoms with van der Waals surface area (Å²) in [5, 5.41) is 2.96. The van der Waals surface area contributed by atoms with E-state index in [-0.39, 0.29) is 5.91 Å². The molecule has 0 radical (unpaired) electrons. The number of hydrogen-bond donors (Lipinski definition) is 1. The highest BCUT2D eigenvalue weighted by molar-refractivity contribution is 5.98. The highest BCUT2D eigenvalue weighted by Crippen LogP contribution is 2.24. The van der Waals surface area contributed by atoms with Crippen LogP contribution in [0, 0.1) is 6.92 Å². The number of rotatable bonds is 6. The average Bonchev–Trinajstić information content (AvgIpc) is 2.83. The molecule has 1 aliphatic heterocycles. The summed E-state index contributed by atoms with van der Waals surface area (Å²) in [5.41, 5.74) is 3.41. The van der Waals surface area contributed by atoms with Crippen molar-refractivity contribution in [1.82, 2.24) is 25.2 Å². The lowest BCUT2D eigenvalue weighted by atomic mass is 10.1. The average molecular weight is 417 g/mol. The number of pyridine rings is 1. The summed E-state index contributed by atoms with van der Waals surface area (Å²) in [6, 6.07) is 13.8. The summed E-state index contributed by atoms with van der Waals surface area (Å²) >= 11 is 0. The molecule has 0 atom stereocenters. The highest BCUT2D eigenvalue weighted by atomic mass is 16.1. The molecule has 7 nitrogen and oxygen atoms in total. The number of carbonyl (C=O) groups excluding carboxylic acids is 1. The van der Waals surface area contributed by atoms with Gasteiger partial charge in [-0.1, -0.05) is 36.8 Å². The van der Waals surface area contributed by atoms with Crippen LogP contribution in [0.2, 0.25) is 0 Å². The molecule has 1 amide bonds. The van der Waals surface area contributed by atoms with E-state index in [0.717, 1.165) is 49.5 Å². The molecule has 1 N–H and O–H groups in total. The number of anilines is 1. The molecule has 1 aliphatic rings. The zero-order valence-corrected chi connectivity index (χ0v) is 18.1. The van der Waals surface area contributed by atoms with E-state index in [1.54, 1.807) is 12.4 Å². The fourth-order valence-electron chi connectivity index (χ4n) is 3.74. The number of amides is 1. The number of likely N-dealkylation sites (N-methyl/N-ethyl adjacent to an activating group) is 1. The van der Waals surface area contributed by atoms with E-state index in [9.17, 15) is 4.79 Å². The lowest BCUT2D eigenvalue weighted by Crippen LogP contribution is -2.47. The van der Waals surface area contributed by atoms with Crippen molar-refractivity contribution in [1.29, 1.82) is 0 Å². The topological polar surface area (TPSA) is 74.2 Å². The summed E-state index contributed by atoms with van der Waals surface area (Å²) < 4.78 is 0. The molecule has 7 heteroatoms. The van der Waals surface area contributed by atoms with E-state index < -0.39 is 0 Å². The summed E-state index contributed by atoms with van der Waals surface area (Å²) in [6.07, 6.45) is 3.37. The molecule has 0 bridgehead atoms. The fourth-order valence-corrected chi connectivity index (χ4v) is 3.74. The first kappa shape index (κ1) is 20.9. The third-order valence-corrected chi connectivity index (χ3v) is 5.56. The van der Waals surface area contributed by atoms with Crippen LogP contribution >= 0.6 is 0 Å². The Bertz CT molecular complexity index is 1030. The van der Waals surface area contributed by atoms with E-state index in [2.05, 4.69) is 38.1 Å². The number of nitrogens with zero attached hydrogens (tertiary/aromatic N) is 5. The van der Waals surface area contributed by atoms with E-state index in [1.807, 2.05) is 43.3 Å². The predicted octanol–water partition coefficient (Wildman–Crippen LogP) is 2.92. The SMILES string of the molecule is CCN1CCN(c2nc(-c3cccc(C)c3)ncc2C(=O)NCc2ccccn2)CC1. The van der Waals surface area contributed by atoms with Gasteiger partial charge in [-0.05, 0) is 31.7 Å². The summed E-state index contributed by atoms with van der Waals surface area (Å²) in [6.45, 7) is 9.19. The lowest BCUT2D eigenvalue weighted by molar-refractivity contribution is 0.0950. The van der Waals surface area contributed by atoms with Gasteiger partial charge in [0.15, 0.2) is 5.82 Å². The van der Waals surface area contributed by atoms with Crippen molar-refractivity contribution in [2.45, 2.75) is 20.4 Å². The van der Waals surface area contributed by atoms with Crippen LogP contribution in [0.4, 0.5) is 5.82 Å². The molecular weight excluding hydrogens is 388 g/mol. The van der Waals surface area contributed by atoms with Crippen molar-refractivity contribution >= 4 is 11.7 Å². The maximum atomic E-state index is 13.0. The quantitative estimate of drug-likeness (QED) is 0.666. The Morgan fingerprint density at radius 1 is 1.06 bits per heavy atom. The number of aromatic nitrogens is 3. The molecule has 160 valence electrons. The Labute approximate surface area is 183 Å². The maximum Gasteiger partial charge on any atom is 0.256 e. The normalized spacial score (nSPS) is 14.5. The molecule has 3 heterocycles. The minimum absolute atomic E-state index is 0.186. The van der Waals surface area contributed by atoms with Crippen LogP contribution in [0.5, 0.6) is 0 Å². The second-order valence-electron chi connectivity index (χ2n) is 7.73. The van der Waals surface area contributed by atoms with Gasteiger partial charge in [-0.15, -0.1) is 0 Å². The second kappa shape index (κ2) is 9.66. The van der Waals surface area contributed by atoms with Crippen LogP contribution in [-0.2, 0) is 6.54 Å². The van der Waals surface area contributed by atoms with Gasteiger partial charge < -0.3 is 15.1 Å². The third kappa shape index (κ3) is 5.06. The number of piperazine rings is 1. The van der Waals surface area contributed by atoms with Gasteiger partial charge in [0.05, 0.1) is 12.2 Å². The number of aryl methyl sites for hydroxylation is 1. The predicted molar refractivity (Wildman–Crippen MR) is 122 cm³/mol. The van der Waals surface area contributed by atoms with Crippen molar-refractivity contribution in [3.05, 3.63) is 71.7 Å². The molecule has 1 aromatic carbocycles. The maximum absolute atomic E-state index is 13.0. The standard InChI is InChI=1S/C24H28N6O/c1-3-29-11-13-30(14-12-29)23-21(24(31)27-16-20-9-4-5-10-25-20)17-26-22(28-23)19-8-6-7-18(2)15-19/h4-10,15,17H,3,11-14,16H2,1-2H3,(H,27,31). The van der Waals surface area contributed by atoms with Crippen LogP contribution < -0.4 is 10.2 Å². The zero-order valence-electron chi connectivity index (χ0n) is 18.1. The number of benzene rings is 1. The van der Waals surface area contributed by atoms with E-state index in [1.165, 1.54) is 0 Å². The number of nitrogens with one attached hydrogen (secondary N) is 1. The fraction of sp³-hybridized carbons (Fsp3) is 0.333. The largest absolute Gasteiger partial charge is 0.353 e. The molecule has 0 unspecified atom stereocenters. The first-order valence-electron chi connectivity index (χ1n) is 10.7. The van der Waals surface area contributed by atoms with Gasteiger partial charge in [0, 0.05) is 44.1 Å². The Morgan fingerprint density at radius 2 is 1.90 bits per heavy atom. The van der Waals surface area contributed by atoms with Crippen molar-refractivity contribution in [3.63, 3.8) is 0 Å². The van der Waals surface area contributed by atoms with Gasteiger partial charge in [0.1, 0.15) is 11.4 Å². The molecule has 4 rings (SSSR count). The van der Waals surface area contributed by atoms with Crippen LogP contribution in [0.25, 0.3) is 11.4 Å². The van der Waals surface area contributed by atoms with Gasteiger partial charge in [-0.25, -0.2) is 9.97 Å². The summed E-state index contributed by atoms with van der Waals surface area (Å²) in [7, 11) is 0. The second-order valence-corrected chi connectivity index (χ2v) is 7.73. The van der Waals surface area contributed by atoms with Crippen LogP contribution in [0.15, 0.2) is 54.9 Å². The van der Waals surface area contributed by atoms with Crippen molar-refractivity contribution < 1.29 is 4.79 Å². The minimum Gasteiger partial charge on any atom is -0.353 e. The summed E-state index contributed by atoms with van der Waals surface area (Å²) in [5.74, 6) is 1.15. The first-order valence-corrected chi connectivity index (χ1v) is 10.7. The molecule has 1 saturated heterocycles. The Balaban J connectivity index is 1.62. The van der Waals surface area contributed by atoms with Crippen LogP contribution in [0.1, 0.15) is 28.5 Å².